The number of nitrogens with zero attached hydrogens (tertiary/aromatic N) is 4. The molecule has 32 heavy (non-hydrogen) atoms. The van der Waals surface area contributed by atoms with Crippen molar-refractivity contribution in [1.29, 1.82) is 0 Å². The molecule has 4 aromatic rings. The van der Waals surface area contributed by atoms with Crippen molar-refractivity contribution in [3.63, 3.8) is 0 Å². The molecule has 0 saturated heterocycles. The lowest BCUT2D eigenvalue weighted by molar-refractivity contribution is 0.0985. The lowest BCUT2D eigenvalue weighted by Gasteiger charge is -2.20. The number of benzene rings is 2. The number of hydrogen-bond acceptors (Lipinski definition) is 6. The van der Waals surface area contributed by atoms with Gasteiger partial charge < -0.3 is 4.74 Å². The number of thiazole rings is 1. The number of para-hydroxylation sites is 1. The number of aromatic nitrogens is 3. The molecule has 2 heterocycles. The summed E-state index contributed by atoms with van der Waals surface area (Å²) in [6.45, 7) is 7.57. The average molecular weight is 467 g/mol. The number of ether oxygens (including phenoxy) is 1. The molecule has 0 bridgehead atoms. The number of carbonyl (C=O) groups is 1. The van der Waals surface area contributed by atoms with Crippen LogP contribution in [0.4, 0.5) is 5.13 Å². The normalized spacial score (nSPS) is 11.1. The standard InChI is InChI=1S/C24H26N4O2S2/c1-5-30-20-7-6-8-21-22(20)25-24(32-21)27(13-14-28-17(3)15-16(2)26-28)23(29)18-9-11-19(31-4)12-10-18/h6-12,15H,5,13-14H2,1-4H3. The molecule has 0 aliphatic heterocycles. The second kappa shape index (κ2) is 9.75. The highest BCUT2D eigenvalue weighted by molar-refractivity contribution is 7.98. The van der Waals surface area contributed by atoms with Gasteiger partial charge in [-0.15, -0.1) is 11.8 Å². The molecule has 0 unspecified atom stereocenters. The van der Waals surface area contributed by atoms with Crippen LogP contribution in [0.1, 0.15) is 28.7 Å². The van der Waals surface area contributed by atoms with Crippen LogP contribution in [0.2, 0.25) is 0 Å². The third-order valence-corrected chi connectivity index (χ3v) is 6.91. The molecule has 0 fully saturated rings. The minimum Gasteiger partial charge on any atom is -0.492 e. The molecule has 0 aliphatic carbocycles. The Balaban J connectivity index is 1.70. The van der Waals surface area contributed by atoms with Gasteiger partial charge in [-0.05, 0) is 69.5 Å². The number of fused-ring (bicyclic) bond motifs is 1. The quantitative estimate of drug-likeness (QED) is 0.317. The first-order valence-electron chi connectivity index (χ1n) is 10.5. The Morgan fingerprint density at radius 2 is 1.97 bits per heavy atom. The minimum atomic E-state index is -0.0730. The van der Waals surface area contributed by atoms with E-state index in [1.165, 1.54) is 11.3 Å². The fourth-order valence-corrected chi connectivity index (χ4v) is 4.98. The van der Waals surface area contributed by atoms with Gasteiger partial charge in [-0.1, -0.05) is 17.4 Å². The average Bonchev–Trinajstić information content (AvgIpc) is 3.37. The number of anilines is 1. The molecule has 8 heteroatoms. The van der Waals surface area contributed by atoms with Gasteiger partial charge in [0.25, 0.3) is 5.91 Å². The number of thioether (sulfide) groups is 1. The third kappa shape index (κ3) is 4.66. The van der Waals surface area contributed by atoms with Gasteiger partial charge in [-0.2, -0.15) is 5.10 Å². The summed E-state index contributed by atoms with van der Waals surface area (Å²) in [5, 5.41) is 5.21. The summed E-state index contributed by atoms with van der Waals surface area (Å²) in [6.07, 6.45) is 2.02. The Bertz CT molecular complexity index is 1230. The van der Waals surface area contributed by atoms with Crippen molar-refractivity contribution in [2.24, 2.45) is 0 Å². The Morgan fingerprint density at radius 3 is 2.62 bits per heavy atom. The van der Waals surface area contributed by atoms with Crippen molar-refractivity contribution in [3.05, 3.63) is 65.5 Å². The molecule has 0 spiro atoms. The zero-order valence-corrected chi connectivity index (χ0v) is 20.3. The number of amides is 1. The van der Waals surface area contributed by atoms with Gasteiger partial charge in [0.2, 0.25) is 0 Å². The molecule has 0 atom stereocenters. The SMILES string of the molecule is CCOc1cccc2sc(N(CCn3nc(C)cc3C)C(=O)c3ccc(SC)cc3)nc12. The summed E-state index contributed by atoms with van der Waals surface area (Å²) >= 11 is 3.15. The van der Waals surface area contributed by atoms with E-state index in [0.717, 1.165) is 32.2 Å². The van der Waals surface area contributed by atoms with E-state index in [9.17, 15) is 4.79 Å². The van der Waals surface area contributed by atoms with Gasteiger partial charge in [0.05, 0.1) is 23.5 Å². The van der Waals surface area contributed by atoms with Gasteiger partial charge >= 0.3 is 0 Å². The van der Waals surface area contributed by atoms with E-state index in [1.807, 2.05) is 80.2 Å². The molecule has 0 N–H and O–H groups in total. The molecule has 0 aliphatic rings. The summed E-state index contributed by atoms with van der Waals surface area (Å²) in [4.78, 5) is 21.3. The summed E-state index contributed by atoms with van der Waals surface area (Å²) in [5.74, 6) is 0.666. The van der Waals surface area contributed by atoms with E-state index in [1.54, 1.807) is 16.7 Å². The van der Waals surface area contributed by atoms with Crippen LogP contribution in [0, 0.1) is 13.8 Å². The van der Waals surface area contributed by atoms with E-state index in [-0.39, 0.29) is 5.91 Å². The molecule has 4 rings (SSSR count). The lowest BCUT2D eigenvalue weighted by atomic mass is 10.2. The Morgan fingerprint density at radius 1 is 1.19 bits per heavy atom. The highest BCUT2D eigenvalue weighted by Gasteiger charge is 2.23. The van der Waals surface area contributed by atoms with Crippen molar-refractivity contribution in [1.82, 2.24) is 14.8 Å². The maximum atomic E-state index is 13.6. The van der Waals surface area contributed by atoms with Crippen LogP contribution in [0.15, 0.2) is 53.4 Å². The van der Waals surface area contributed by atoms with Gasteiger partial charge in [-0.3, -0.25) is 14.4 Å². The number of aryl methyl sites for hydroxylation is 2. The molecular weight excluding hydrogens is 440 g/mol. The predicted octanol–water partition coefficient (Wildman–Crippen LogP) is 5.58. The van der Waals surface area contributed by atoms with Crippen molar-refractivity contribution in [2.75, 3.05) is 24.3 Å². The largest absolute Gasteiger partial charge is 0.492 e. The lowest BCUT2D eigenvalue weighted by Crippen LogP contribution is -2.34. The van der Waals surface area contributed by atoms with Gasteiger partial charge in [0.15, 0.2) is 5.13 Å². The van der Waals surface area contributed by atoms with E-state index in [2.05, 4.69) is 5.10 Å². The highest BCUT2D eigenvalue weighted by atomic mass is 32.2. The highest BCUT2D eigenvalue weighted by Crippen LogP contribution is 2.35. The minimum absolute atomic E-state index is 0.0730. The van der Waals surface area contributed by atoms with Gasteiger partial charge in [0, 0.05) is 22.7 Å². The fraction of sp³-hybridized carbons (Fsp3) is 0.292. The fourth-order valence-electron chi connectivity index (χ4n) is 3.57. The molecular formula is C24H26N4O2S2. The topological polar surface area (TPSA) is 60.2 Å². The zero-order valence-electron chi connectivity index (χ0n) is 18.7. The third-order valence-electron chi connectivity index (χ3n) is 5.12. The zero-order chi connectivity index (χ0) is 22.7. The molecule has 2 aromatic heterocycles. The monoisotopic (exact) mass is 466 g/mol. The molecule has 6 nitrogen and oxygen atoms in total. The molecule has 0 saturated carbocycles. The maximum Gasteiger partial charge on any atom is 0.260 e. The summed E-state index contributed by atoms with van der Waals surface area (Å²) in [7, 11) is 0. The first kappa shape index (κ1) is 22.4. The summed E-state index contributed by atoms with van der Waals surface area (Å²) in [6, 6.07) is 15.6. The van der Waals surface area contributed by atoms with Crippen molar-refractivity contribution >= 4 is 44.4 Å². The second-order valence-electron chi connectivity index (χ2n) is 7.37. The maximum absolute atomic E-state index is 13.6. The number of rotatable bonds is 8. The van der Waals surface area contributed by atoms with Crippen LogP contribution in [0.3, 0.4) is 0 Å². The van der Waals surface area contributed by atoms with Gasteiger partial charge in [0.1, 0.15) is 11.3 Å². The molecule has 0 radical (unpaired) electrons. The van der Waals surface area contributed by atoms with Crippen molar-refractivity contribution in [3.8, 4) is 5.75 Å². The second-order valence-corrected chi connectivity index (χ2v) is 9.26. The van der Waals surface area contributed by atoms with Gasteiger partial charge in [-0.25, -0.2) is 4.98 Å². The number of carbonyl (C=O) groups excluding carboxylic acids is 1. The Labute approximate surface area is 196 Å². The Hall–Kier alpha value is -2.84. The predicted molar refractivity (Wildman–Crippen MR) is 132 cm³/mol. The van der Waals surface area contributed by atoms with Crippen LogP contribution in [0.5, 0.6) is 5.75 Å². The summed E-state index contributed by atoms with van der Waals surface area (Å²) in [5.41, 5.74) is 3.47. The molecule has 166 valence electrons. The van der Waals surface area contributed by atoms with Crippen LogP contribution >= 0.6 is 23.1 Å². The summed E-state index contributed by atoms with van der Waals surface area (Å²) < 4.78 is 8.68. The first-order chi connectivity index (χ1) is 15.5. The smallest absolute Gasteiger partial charge is 0.260 e. The van der Waals surface area contributed by atoms with Crippen LogP contribution in [0.25, 0.3) is 10.2 Å². The number of hydrogen-bond donors (Lipinski definition) is 0. The van der Waals surface area contributed by atoms with Crippen LogP contribution < -0.4 is 9.64 Å². The van der Waals surface area contributed by atoms with E-state index >= 15 is 0 Å². The van der Waals surface area contributed by atoms with Crippen LogP contribution in [-0.2, 0) is 6.54 Å². The Kier molecular flexibility index (Phi) is 6.81. The molecule has 2 aromatic carbocycles. The van der Waals surface area contributed by atoms with Crippen LogP contribution in [-0.4, -0.2) is 40.1 Å². The van der Waals surface area contributed by atoms with Crippen molar-refractivity contribution < 1.29 is 9.53 Å². The van der Waals surface area contributed by atoms with E-state index < -0.39 is 0 Å². The van der Waals surface area contributed by atoms with E-state index in [0.29, 0.717) is 30.4 Å². The van der Waals surface area contributed by atoms with Crippen molar-refractivity contribution in [2.45, 2.75) is 32.2 Å². The molecule has 1 amide bonds. The first-order valence-corrected chi connectivity index (χ1v) is 12.5. The van der Waals surface area contributed by atoms with E-state index in [4.69, 9.17) is 9.72 Å².